The van der Waals surface area contributed by atoms with E-state index in [1.807, 2.05) is 60.7 Å². The van der Waals surface area contributed by atoms with E-state index in [9.17, 15) is 24.0 Å². The number of ether oxygens (including phenoxy) is 2. The number of thiazole rings is 1. The van der Waals surface area contributed by atoms with Crippen molar-refractivity contribution >= 4 is 84.9 Å². The fourth-order valence-electron chi connectivity index (χ4n) is 9.14. The third-order valence-electron chi connectivity index (χ3n) is 11.1. The number of aromatic amines is 1. The zero-order valence-electron chi connectivity index (χ0n) is 28.2. The Balaban J connectivity index is 1.02. The molecule has 3 heterocycles. The summed E-state index contributed by atoms with van der Waals surface area (Å²) in [6.45, 7) is 1.74. The molecule has 0 radical (unpaired) electrons. The first-order valence-electron chi connectivity index (χ1n) is 17.5. The van der Waals surface area contributed by atoms with Crippen molar-refractivity contribution in [3.05, 3.63) is 115 Å². The topological polar surface area (TPSA) is 135 Å². The summed E-state index contributed by atoms with van der Waals surface area (Å²) >= 11 is 6.41. The number of benzene rings is 4. The Morgan fingerprint density at radius 1 is 0.943 bits per heavy atom. The first kappa shape index (κ1) is 34.1. The van der Waals surface area contributed by atoms with Crippen molar-refractivity contribution in [3.63, 3.8) is 0 Å². The molecule has 9 rings (SSSR count). The Kier molecular flexibility index (Phi) is 8.55. The van der Waals surface area contributed by atoms with Crippen molar-refractivity contribution < 1.29 is 28.7 Å². The normalized spacial score (nSPS) is 25.2. The second kappa shape index (κ2) is 13.3. The number of halogens is 1. The summed E-state index contributed by atoms with van der Waals surface area (Å²) in [7, 11) is 0. The van der Waals surface area contributed by atoms with Crippen molar-refractivity contribution in [1.29, 1.82) is 0 Å². The minimum atomic E-state index is -0.512. The molecule has 2 aliphatic heterocycles. The van der Waals surface area contributed by atoms with Crippen LogP contribution in [0.4, 0.5) is 11.4 Å². The number of hydrogen-bond donors (Lipinski definition) is 2. The van der Waals surface area contributed by atoms with Crippen LogP contribution in [-0.4, -0.2) is 47.1 Å². The summed E-state index contributed by atoms with van der Waals surface area (Å²) in [5.41, 5.74) is 2.29. The quantitative estimate of drug-likeness (QED) is 0.124. The third-order valence-corrected chi connectivity index (χ3v) is 14.2. The SMILES string of the molecule is CCOC(=O)c1ccc(N2C(=O)C3C(C2=O)[C@@H]2C[C@H]3C3Sc4[nH]c(=O)sc4[C@H](c4cc(Br)ccc4OCC(=O)Nc4cccc5ccccc45)C32)cc1. The molecule has 1 saturated heterocycles. The van der Waals surface area contributed by atoms with Crippen molar-refractivity contribution in [1.82, 2.24) is 4.98 Å². The zero-order valence-corrected chi connectivity index (χ0v) is 31.5. The summed E-state index contributed by atoms with van der Waals surface area (Å²) < 4.78 is 12.2. The second-order valence-electron chi connectivity index (χ2n) is 13.8. The molecule has 1 aromatic heterocycles. The molecule has 10 nitrogen and oxygen atoms in total. The number of thioether (sulfide) groups is 1. The van der Waals surface area contributed by atoms with Crippen molar-refractivity contribution in [2.75, 3.05) is 23.4 Å². The summed E-state index contributed by atoms with van der Waals surface area (Å²) in [5, 5.41) is 5.67. The lowest BCUT2D eigenvalue weighted by molar-refractivity contribution is -0.123. The molecular weight excluding hydrogens is 778 g/mol. The van der Waals surface area contributed by atoms with Gasteiger partial charge in [0.25, 0.3) is 5.91 Å². The number of carbonyl (C=O) groups is 4. The minimum Gasteiger partial charge on any atom is -0.483 e. The molecule has 0 spiro atoms. The Bertz CT molecular complexity index is 2390. The lowest BCUT2D eigenvalue weighted by atomic mass is 9.68. The van der Waals surface area contributed by atoms with Crippen LogP contribution < -0.4 is 19.8 Å². The Hall–Kier alpha value is -4.72. The number of H-pyrrole nitrogens is 1. The maximum atomic E-state index is 14.3. The van der Waals surface area contributed by atoms with E-state index in [1.54, 1.807) is 43.0 Å². The number of fused-ring (bicyclic) bond motifs is 10. The molecule has 13 heteroatoms. The fraction of sp³-hybridized carbons (Fsp3) is 0.275. The molecule has 53 heavy (non-hydrogen) atoms. The van der Waals surface area contributed by atoms with Gasteiger partial charge < -0.3 is 19.8 Å². The van der Waals surface area contributed by atoms with Gasteiger partial charge in [0.2, 0.25) is 11.8 Å². The number of anilines is 2. The molecular formula is C40H32BrN3O7S2. The molecule has 4 aliphatic rings. The highest BCUT2D eigenvalue weighted by Crippen LogP contribution is 2.69. The van der Waals surface area contributed by atoms with Gasteiger partial charge in [-0.25, -0.2) is 4.79 Å². The number of rotatable bonds is 8. The molecule has 2 saturated carbocycles. The first-order valence-corrected chi connectivity index (χ1v) is 19.9. The molecule has 2 N–H and O–H groups in total. The largest absolute Gasteiger partial charge is 0.483 e. The number of imide groups is 1. The Morgan fingerprint density at radius 3 is 2.49 bits per heavy atom. The molecule has 4 aromatic carbocycles. The number of nitrogens with zero attached hydrogens (tertiary/aromatic N) is 1. The van der Waals surface area contributed by atoms with E-state index in [0.29, 0.717) is 22.7 Å². The predicted molar refractivity (Wildman–Crippen MR) is 206 cm³/mol. The zero-order chi connectivity index (χ0) is 36.5. The van der Waals surface area contributed by atoms with Crippen LogP contribution in [0, 0.1) is 29.6 Å². The van der Waals surface area contributed by atoms with E-state index in [4.69, 9.17) is 9.47 Å². The van der Waals surface area contributed by atoms with E-state index in [1.165, 1.54) is 4.90 Å². The van der Waals surface area contributed by atoms with Crippen LogP contribution in [0.25, 0.3) is 10.8 Å². The number of carbonyl (C=O) groups excluding carboxylic acids is 4. The molecule has 7 atom stereocenters. The minimum absolute atomic E-state index is 0.0339. The van der Waals surface area contributed by atoms with Crippen molar-refractivity contribution in [2.45, 2.75) is 29.5 Å². The number of hydrogen-bond acceptors (Lipinski definition) is 9. The average Bonchev–Trinajstić information content (AvgIpc) is 3.90. The van der Waals surface area contributed by atoms with Gasteiger partial charge in [0, 0.05) is 37.2 Å². The monoisotopic (exact) mass is 809 g/mol. The number of esters is 1. The average molecular weight is 811 g/mol. The molecule has 3 amide bonds. The first-order chi connectivity index (χ1) is 25.7. The maximum Gasteiger partial charge on any atom is 0.338 e. The van der Waals surface area contributed by atoms with Crippen LogP contribution in [0.3, 0.4) is 0 Å². The maximum absolute atomic E-state index is 14.3. The summed E-state index contributed by atoms with van der Waals surface area (Å²) in [6.07, 6.45) is 0.720. The number of aromatic nitrogens is 1. The van der Waals surface area contributed by atoms with E-state index in [0.717, 1.165) is 48.5 Å². The van der Waals surface area contributed by atoms with E-state index in [-0.39, 0.29) is 64.7 Å². The van der Waals surface area contributed by atoms with Crippen molar-refractivity contribution in [3.8, 4) is 5.75 Å². The Morgan fingerprint density at radius 2 is 1.70 bits per heavy atom. The van der Waals surface area contributed by atoms with Crippen molar-refractivity contribution in [2.24, 2.45) is 29.6 Å². The smallest absolute Gasteiger partial charge is 0.338 e. The van der Waals surface area contributed by atoms with Crippen LogP contribution in [-0.2, 0) is 19.1 Å². The van der Waals surface area contributed by atoms with E-state index < -0.39 is 17.8 Å². The molecule has 5 aromatic rings. The summed E-state index contributed by atoms with van der Waals surface area (Å²) in [5.74, 6) is -2.31. The lowest BCUT2D eigenvalue weighted by Gasteiger charge is -2.43. The molecule has 4 unspecified atom stereocenters. The van der Waals surface area contributed by atoms with Gasteiger partial charge >= 0.3 is 10.8 Å². The van der Waals surface area contributed by atoms with Gasteiger partial charge in [0.1, 0.15) is 5.75 Å². The van der Waals surface area contributed by atoms with Gasteiger partial charge in [0.05, 0.1) is 34.7 Å². The molecule has 2 bridgehead atoms. The molecule has 3 fully saturated rings. The highest BCUT2D eigenvalue weighted by molar-refractivity contribution is 9.10. The van der Waals surface area contributed by atoms with E-state index >= 15 is 0 Å². The lowest BCUT2D eigenvalue weighted by Crippen LogP contribution is -2.42. The van der Waals surface area contributed by atoms with Gasteiger partial charge in [-0.1, -0.05) is 63.7 Å². The van der Waals surface area contributed by atoms with Crippen LogP contribution in [0.2, 0.25) is 0 Å². The molecule has 2 aliphatic carbocycles. The standard InChI is InChI=1S/C40H32BrN3O7S2/c1-2-50-39(48)20-10-13-22(14-11-20)44-37(46)32-25-17-26(33(32)38(44)47)34-31(25)30(35-36(52-34)43-40(49)53-35)24-16-21(41)12-15-28(24)51-18-29(45)42-27-9-5-7-19-6-3-4-8-23(19)27/h3-16,25-26,30-34H,2,17-18H2,1H3,(H,42,45)(H,43,49)/t25-,26-,30-,31?,32?,33?,34?/m1/s1. The van der Waals surface area contributed by atoms with Crippen LogP contribution in [0.5, 0.6) is 5.75 Å². The van der Waals surface area contributed by atoms with Gasteiger partial charge in [-0.05, 0) is 85.0 Å². The summed E-state index contributed by atoms with van der Waals surface area (Å²) in [4.78, 5) is 71.9. The van der Waals surface area contributed by atoms with E-state index in [2.05, 4.69) is 26.2 Å². The second-order valence-corrected chi connectivity index (χ2v) is 16.9. The van der Waals surface area contributed by atoms with Crippen LogP contribution >= 0.6 is 39.0 Å². The number of nitrogens with one attached hydrogen (secondary N) is 2. The number of amides is 3. The molecule has 268 valence electrons. The highest BCUT2D eigenvalue weighted by Gasteiger charge is 2.70. The van der Waals surface area contributed by atoms with Crippen LogP contribution in [0.1, 0.15) is 40.1 Å². The van der Waals surface area contributed by atoms with Gasteiger partial charge in [0.15, 0.2) is 6.61 Å². The van der Waals surface area contributed by atoms with Crippen LogP contribution in [0.15, 0.2) is 99.2 Å². The summed E-state index contributed by atoms with van der Waals surface area (Å²) in [6, 6.07) is 25.6. The highest BCUT2D eigenvalue weighted by atomic mass is 79.9. The van der Waals surface area contributed by atoms with Gasteiger partial charge in [-0.3, -0.25) is 24.1 Å². The van der Waals surface area contributed by atoms with Gasteiger partial charge in [-0.15, -0.1) is 11.8 Å². The fourth-order valence-corrected chi connectivity index (χ4v) is 12.4. The van der Waals surface area contributed by atoms with Gasteiger partial charge in [-0.2, -0.15) is 0 Å². The third kappa shape index (κ3) is 5.62. The Labute approximate surface area is 320 Å². The predicted octanol–water partition coefficient (Wildman–Crippen LogP) is 7.22.